The lowest BCUT2D eigenvalue weighted by atomic mass is 10.4. The Balaban J connectivity index is 1.94. The third kappa shape index (κ3) is 2.59. The van der Waals surface area contributed by atoms with E-state index >= 15 is 0 Å². The number of nitrogens with zero attached hydrogens (tertiary/aromatic N) is 6. The molecule has 1 aliphatic rings. The Morgan fingerprint density at radius 3 is 2.69 bits per heavy atom. The summed E-state index contributed by atoms with van der Waals surface area (Å²) in [7, 11) is 0. The predicted octanol–water partition coefficient (Wildman–Crippen LogP) is 1.85. The van der Waals surface area contributed by atoms with Crippen molar-refractivity contribution in [1.29, 1.82) is 0 Å². The lowest BCUT2D eigenvalue weighted by Gasteiger charge is -2.16. The summed E-state index contributed by atoms with van der Waals surface area (Å²) in [4.78, 5) is 39.8. The largest absolute Gasteiger partial charge is 0.297 e. The van der Waals surface area contributed by atoms with Gasteiger partial charge < -0.3 is 0 Å². The molecule has 0 N–H and O–H groups in total. The van der Waals surface area contributed by atoms with Crippen LogP contribution in [0.2, 0.25) is 0 Å². The molecule has 0 atom stereocenters. The van der Waals surface area contributed by atoms with E-state index in [1.54, 1.807) is 20.5 Å². The van der Waals surface area contributed by atoms with Gasteiger partial charge in [0.1, 0.15) is 11.2 Å². The van der Waals surface area contributed by atoms with Crippen LogP contribution in [0, 0.1) is 0 Å². The van der Waals surface area contributed by atoms with Gasteiger partial charge in [0.2, 0.25) is 5.91 Å². The Kier molecular flexibility index (Phi) is 4.23. The van der Waals surface area contributed by atoms with E-state index < -0.39 is 0 Å². The Morgan fingerprint density at radius 2 is 2.00 bits per heavy atom. The van der Waals surface area contributed by atoms with Crippen molar-refractivity contribution in [3.63, 3.8) is 0 Å². The van der Waals surface area contributed by atoms with Crippen LogP contribution in [0.4, 0.5) is 5.82 Å². The van der Waals surface area contributed by atoms with Crippen LogP contribution in [-0.2, 0) is 11.3 Å². The zero-order chi connectivity index (χ0) is 18.3. The molecule has 0 spiro atoms. The molecule has 9 heteroatoms. The summed E-state index contributed by atoms with van der Waals surface area (Å²) in [5.41, 5.74) is 0.369. The third-order valence-corrected chi connectivity index (χ3v) is 4.98. The van der Waals surface area contributed by atoms with Crippen LogP contribution in [-0.4, -0.2) is 43.0 Å². The molecule has 8 nitrogen and oxygen atoms in total. The van der Waals surface area contributed by atoms with Gasteiger partial charge in [-0.15, -0.1) is 0 Å². The van der Waals surface area contributed by atoms with E-state index in [9.17, 15) is 9.59 Å². The fourth-order valence-electron chi connectivity index (χ4n) is 3.20. The molecule has 3 aromatic heterocycles. The van der Waals surface area contributed by atoms with E-state index in [-0.39, 0.29) is 11.5 Å². The standard InChI is InChI=1S/C17H18N6O2S/c1-3-22-16(25)11-10-18-17(26-2)20-15(11)23(22)13-7-4-6-12(19-13)21-9-5-8-14(21)24/h4,6-7,10H,3,5,8-9H2,1-2H3. The first-order chi connectivity index (χ1) is 12.6. The van der Waals surface area contributed by atoms with Crippen LogP contribution < -0.4 is 10.5 Å². The smallest absolute Gasteiger partial charge is 0.278 e. The number of hydrogen-bond acceptors (Lipinski definition) is 6. The van der Waals surface area contributed by atoms with Gasteiger partial charge >= 0.3 is 0 Å². The second-order valence-corrected chi connectivity index (χ2v) is 6.70. The van der Waals surface area contributed by atoms with E-state index in [0.717, 1.165) is 6.42 Å². The Bertz CT molecular complexity index is 1060. The van der Waals surface area contributed by atoms with Crippen LogP contribution in [0.25, 0.3) is 16.9 Å². The summed E-state index contributed by atoms with van der Waals surface area (Å²) >= 11 is 1.41. The van der Waals surface area contributed by atoms with E-state index in [1.165, 1.54) is 11.8 Å². The van der Waals surface area contributed by atoms with Crippen LogP contribution in [0.1, 0.15) is 19.8 Å². The zero-order valence-electron chi connectivity index (χ0n) is 14.5. The van der Waals surface area contributed by atoms with Gasteiger partial charge in [0, 0.05) is 25.7 Å². The monoisotopic (exact) mass is 370 g/mol. The van der Waals surface area contributed by atoms with Gasteiger partial charge in [-0.25, -0.2) is 24.3 Å². The SMILES string of the molecule is CCn1c(=O)c2cnc(SC)nc2n1-c1cccc(N2CCCC2=O)n1. The molecule has 0 aliphatic carbocycles. The molecule has 4 rings (SSSR count). The van der Waals surface area contributed by atoms with Gasteiger partial charge in [0.15, 0.2) is 16.6 Å². The lowest BCUT2D eigenvalue weighted by Crippen LogP contribution is -2.26. The number of pyridine rings is 1. The minimum atomic E-state index is -0.153. The highest BCUT2D eigenvalue weighted by Gasteiger charge is 2.24. The highest BCUT2D eigenvalue weighted by atomic mass is 32.2. The van der Waals surface area contributed by atoms with Crippen molar-refractivity contribution >= 4 is 34.5 Å². The van der Waals surface area contributed by atoms with Crippen LogP contribution in [0.15, 0.2) is 34.3 Å². The van der Waals surface area contributed by atoms with Gasteiger partial charge in [-0.1, -0.05) is 17.8 Å². The Labute approximate surface area is 153 Å². The minimum absolute atomic E-state index is 0.0758. The number of amides is 1. The van der Waals surface area contributed by atoms with Gasteiger partial charge in [-0.05, 0) is 31.7 Å². The normalized spacial score (nSPS) is 14.5. The molecular formula is C17H18N6O2S. The van der Waals surface area contributed by atoms with Crippen molar-refractivity contribution in [3.05, 3.63) is 34.7 Å². The van der Waals surface area contributed by atoms with Crippen molar-refractivity contribution in [2.24, 2.45) is 0 Å². The lowest BCUT2D eigenvalue weighted by molar-refractivity contribution is -0.117. The molecule has 0 saturated carbocycles. The molecule has 0 bridgehead atoms. The van der Waals surface area contributed by atoms with Crippen molar-refractivity contribution in [2.75, 3.05) is 17.7 Å². The number of thioether (sulfide) groups is 1. The molecule has 0 unspecified atom stereocenters. The zero-order valence-corrected chi connectivity index (χ0v) is 15.4. The fraction of sp³-hybridized carbons (Fsp3) is 0.353. The number of anilines is 1. The van der Waals surface area contributed by atoms with Crippen LogP contribution in [0.5, 0.6) is 0 Å². The maximum atomic E-state index is 12.7. The molecule has 0 radical (unpaired) electrons. The average molecular weight is 370 g/mol. The van der Waals surface area contributed by atoms with E-state index in [0.29, 0.717) is 47.3 Å². The molecule has 1 fully saturated rings. The van der Waals surface area contributed by atoms with Gasteiger partial charge in [0.05, 0.1) is 0 Å². The number of rotatable bonds is 4. The highest BCUT2D eigenvalue weighted by molar-refractivity contribution is 7.98. The van der Waals surface area contributed by atoms with Crippen molar-refractivity contribution in [2.45, 2.75) is 31.5 Å². The van der Waals surface area contributed by atoms with Crippen LogP contribution in [0.3, 0.4) is 0 Å². The third-order valence-electron chi connectivity index (χ3n) is 4.42. The molecule has 0 aromatic carbocycles. The highest BCUT2D eigenvalue weighted by Crippen LogP contribution is 2.22. The van der Waals surface area contributed by atoms with Crippen LogP contribution >= 0.6 is 11.8 Å². The first kappa shape index (κ1) is 16.8. The number of aromatic nitrogens is 5. The minimum Gasteiger partial charge on any atom is -0.297 e. The van der Waals surface area contributed by atoms with Crippen molar-refractivity contribution in [1.82, 2.24) is 24.3 Å². The predicted molar refractivity (Wildman–Crippen MR) is 100.0 cm³/mol. The van der Waals surface area contributed by atoms with Crippen molar-refractivity contribution in [3.8, 4) is 5.82 Å². The Morgan fingerprint density at radius 1 is 1.19 bits per heavy atom. The fourth-order valence-corrected chi connectivity index (χ4v) is 3.54. The number of carbonyl (C=O) groups is 1. The number of carbonyl (C=O) groups excluding carboxylic acids is 1. The first-order valence-electron chi connectivity index (χ1n) is 8.44. The number of hydrogen-bond donors (Lipinski definition) is 0. The second-order valence-electron chi connectivity index (χ2n) is 5.93. The maximum Gasteiger partial charge on any atom is 0.278 e. The van der Waals surface area contributed by atoms with E-state index in [2.05, 4.69) is 15.0 Å². The molecule has 4 heterocycles. The molecule has 1 saturated heterocycles. The topological polar surface area (TPSA) is 85.9 Å². The first-order valence-corrected chi connectivity index (χ1v) is 9.67. The quantitative estimate of drug-likeness (QED) is 0.515. The summed E-state index contributed by atoms with van der Waals surface area (Å²) in [5.74, 6) is 1.23. The van der Waals surface area contributed by atoms with Gasteiger partial charge in [0.25, 0.3) is 5.56 Å². The summed E-state index contributed by atoms with van der Waals surface area (Å²) in [6.07, 6.45) is 4.83. The second kappa shape index (κ2) is 6.56. The molecule has 3 aromatic rings. The molecule has 1 aliphatic heterocycles. The summed E-state index contributed by atoms with van der Waals surface area (Å²) in [6.45, 7) is 3.03. The average Bonchev–Trinajstić information content (AvgIpc) is 3.22. The summed E-state index contributed by atoms with van der Waals surface area (Å²) < 4.78 is 3.30. The molecular weight excluding hydrogens is 352 g/mol. The maximum absolute atomic E-state index is 12.7. The number of fused-ring (bicyclic) bond motifs is 1. The summed E-state index contributed by atoms with van der Waals surface area (Å²) in [5, 5.41) is 1.04. The van der Waals surface area contributed by atoms with Gasteiger partial charge in [-0.2, -0.15) is 0 Å². The van der Waals surface area contributed by atoms with E-state index in [1.807, 2.05) is 31.4 Å². The van der Waals surface area contributed by atoms with Crippen molar-refractivity contribution < 1.29 is 4.79 Å². The Hall–Kier alpha value is -2.68. The summed E-state index contributed by atoms with van der Waals surface area (Å²) in [6, 6.07) is 5.47. The molecule has 134 valence electrons. The molecule has 26 heavy (non-hydrogen) atoms. The van der Waals surface area contributed by atoms with Gasteiger partial charge in [-0.3, -0.25) is 14.5 Å². The molecule has 1 amide bonds. The van der Waals surface area contributed by atoms with E-state index in [4.69, 9.17) is 0 Å².